The van der Waals surface area contributed by atoms with Gasteiger partial charge in [-0.05, 0) is 0 Å². The molecule has 2 aromatic rings. The molecule has 3 rings (SSSR count). The van der Waals surface area contributed by atoms with E-state index in [1.54, 1.807) is 11.6 Å². The predicted octanol–water partition coefficient (Wildman–Crippen LogP) is 1.18. The average Bonchev–Trinajstić information content (AvgIpc) is 2.85. The van der Waals surface area contributed by atoms with Crippen LogP contribution < -0.4 is 10.2 Å². The van der Waals surface area contributed by atoms with Gasteiger partial charge in [0.05, 0.1) is 0 Å². The summed E-state index contributed by atoms with van der Waals surface area (Å²) in [6.45, 7) is 0. The van der Waals surface area contributed by atoms with Crippen molar-refractivity contribution < 1.29 is 14.7 Å². The molecule has 1 atom stereocenters. The first-order chi connectivity index (χ1) is 8.29. The number of fused-ring (bicyclic) bond motifs is 3. The summed E-state index contributed by atoms with van der Waals surface area (Å²) in [7, 11) is 0. The van der Waals surface area contributed by atoms with Gasteiger partial charge in [0.2, 0.25) is 0 Å². The number of amides is 1. The first-order valence-corrected chi connectivity index (χ1v) is 6.93. The summed E-state index contributed by atoms with van der Waals surface area (Å²) < 4.78 is 6.89. The van der Waals surface area contributed by atoms with Crippen molar-refractivity contribution in [3.63, 3.8) is 0 Å². The summed E-state index contributed by atoms with van der Waals surface area (Å²) in [6.07, 6.45) is 2.71. The summed E-state index contributed by atoms with van der Waals surface area (Å²) in [5, 5.41) is 9.66. The van der Waals surface area contributed by atoms with Gasteiger partial charge in [-0.3, -0.25) is 0 Å². The molecular formula is C12H9NO3Se. The second-order valence-electron chi connectivity index (χ2n) is 3.69. The maximum atomic E-state index is 11.3. The van der Waals surface area contributed by atoms with Crippen molar-refractivity contribution in [2.24, 2.45) is 0 Å². The van der Waals surface area contributed by atoms with Gasteiger partial charge in [-0.2, -0.15) is 0 Å². The molecule has 0 saturated carbocycles. The van der Waals surface area contributed by atoms with Gasteiger partial charge in [0.1, 0.15) is 0 Å². The summed E-state index contributed by atoms with van der Waals surface area (Å²) in [5.74, 6) is 0.172. The summed E-state index contributed by atoms with van der Waals surface area (Å²) in [4.78, 5) is 13.5. The summed E-state index contributed by atoms with van der Waals surface area (Å²) >= 11 is 0.351. The Hall–Kier alpha value is -1.55. The third kappa shape index (κ3) is 1.69. The number of rotatable bonds is 1. The van der Waals surface area contributed by atoms with Crippen LogP contribution in [-0.4, -0.2) is 31.7 Å². The molecule has 86 valence electrons. The van der Waals surface area contributed by atoms with Gasteiger partial charge in [0.15, 0.2) is 0 Å². The molecule has 1 amide bonds. The molecule has 2 heterocycles. The molecule has 1 unspecified atom stereocenters. The van der Waals surface area contributed by atoms with Crippen molar-refractivity contribution in [2.45, 2.75) is 6.10 Å². The van der Waals surface area contributed by atoms with Gasteiger partial charge in [0.25, 0.3) is 0 Å². The van der Waals surface area contributed by atoms with Crippen LogP contribution in [0, 0.1) is 0 Å². The van der Waals surface area contributed by atoms with Crippen LogP contribution in [0.25, 0.3) is 15.7 Å². The minimum atomic E-state index is -0.763. The zero-order chi connectivity index (χ0) is 11.8. The average molecular weight is 294 g/mol. The molecule has 0 fully saturated rings. The van der Waals surface area contributed by atoms with Crippen LogP contribution in [0.5, 0.6) is 5.75 Å². The Labute approximate surface area is 103 Å². The predicted molar refractivity (Wildman–Crippen MR) is 64.3 cm³/mol. The number of nitrogens with one attached hydrogen (secondary N) is 1. The van der Waals surface area contributed by atoms with E-state index < -0.39 is 12.0 Å². The second kappa shape index (κ2) is 4.04. The molecule has 2 N–H and O–H groups in total. The number of hydrogen-bond donors (Lipinski definition) is 2. The number of hydrogen-bond acceptors (Lipinski definition) is 3. The molecule has 17 heavy (non-hydrogen) atoms. The zero-order valence-electron chi connectivity index (χ0n) is 8.71. The van der Waals surface area contributed by atoms with E-state index >= 15 is 0 Å². The topological polar surface area (TPSA) is 58.6 Å². The molecule has 1 aliphatic rings. The van der Waals surface area contributed by atoms with E-state index in [0.717, 1.165) is 16.7 Å². The Kier molecular flexibility index (Phi) is 2.51. The molecule has 5 heteroatoms. The van der Waals surface area contributed by atoms with Crippen molar-refractivity contribution in [3.05, 3.63) is 34.8 Å². The Morgan fingerprint density at radius 1 is 1.41 bits per heavy atom. The van der Waals surface area contributed by atoms with Gasteiger partial charge >= 0.3 is 103 Å². The molecule has 1 aromatic carbocycles. The number of benzene rings is 1. The van der Waals surface area contributed by atoms with E-state index in [1.807, 2.05) is 18.2 Å². The van der Waals surface area contributed by atoms with Crippen LogP contribution in [-0.2, 0) is 4.79 Å². The van der Waals surface area contributed by atoms with Crippen LogP contribution >= 0.6 is 0 Å². The van der Waals surface area contributed by atoms with Crippen molar-refractivity contribution in [3.8, 4) is 5.75 Å². The number of carbonyl (C=O) groups excluding carboxylic acids is 1. The molecule has 0 radical (unpaired) electrons. The Bertz CT molecular complexity index is 617. The van der Waals surface area contributed by atoms with Crippen LogP contribution in [0.15, 0.2) is 29.2 Å². The Morgan fingerprint density at radius 2 is 2.29 bits per heavy atom. The number of carbonyl (C=O) groups is 1. The Morgan fingerprint density at radius 3 is 3.12 bits per heavy atom. The third-order valence-corrected chi connectivity index (χ3v) is 4.53. The number of hydroxylamine groups is 1. The van der Waals surface area contributed by atoms with E-state index in [2.05, 4.69) is 11.0 Å². The normalized spacial score (nSPS) is 17.6. The molecule has 4 nitrogen and oxygen atoms in total. The molecule has 0 saturated heterocycles. The quantitative estimate of drug-likeness (QED) is 0.472. The monoisotopic (exact) mass is 295 g/mol. The summed E-state index contributed by atoms with van der Waals surface area (Å²) in [6, 6.07) is 6.11. The van der Waals surface area contributed by atoms with Crippen molar-refractivity contribution in [2.75, 3.05) is 0 Å². The molecule has 0 spiro atoms. The van der Waals surface area contributed by atoms with Crippen molar-refractivity contribution in [1.29, 1.82) is 0 Å². The molecule has 0 aliphatic carbocycles. The fraction of sp³-hybridized carbons (Fsp3) is 0.0833. The molecule has 0 bridgehead atoms. The van der Waals surface area contributed by atoms with E-state index in [9.17, 15) is 4.79 Å². The van der Waals surface area contributed by atoms with E-state index in [1.165, 1.54) is 4.26 Å². The van der Waals surface area contributed by atoms with Gasteiger partial charge in [-0.1, -0.05) is 0 Å². The maximum absolute atomic E-state index is 11.3. The van der Waals surface area contributed by atoms with Crippen molar-refractivity contribution in [1.82, 2.24) is 5.48 Å². The SMILES string of the molecule is O=C(NO)C1C=Cc2ccc3[se]ccc3c2O1. The zero-order valence-corrected chi connectivity index (χ0v) is 10.4. The standard InChI is InChI=1S/C12H9NO3Se/c14-12(13-15)9-3-1-7-2-4-10-8(5-6-17-10)11(7)16-9/h1-6,9,15H,(H,13,14). The van der Waals surface area contributed by atoms with Gasteiger partial charge in [-0.15, -0.1) is 0 Å². The van der Waals surface area contributed by atoms with Crippen LogP contribution in [0.1, 0.15) is 5.56 Å². The first-order valence-electron chi connectivity index (χ1n) is 5.08. The van der Waals surface area contributed by atoms with Crippen LogP contribution in [0.4, 0.5) is 0 Å². The van der Waals surface area contributed by atoms with Crippen molar-refractivity contribution >= 4 is 36.1 Å². The van der Waals surface area contributed by atoms with Crippen LogP contribution in [0.3, 0.4) is 0 Å². The first kappa shape index (κ1) is 10.6. The second-order valence-corrected chi connectivity index (χ2v) is 5.68. The molecular weight excluding hydrogens is 285 g/mol. The number of ether oxygens (including phenoxy) is 1. The van der Waals surface area contributed by atoms with Gasteiger partial charge < -0.3 is 0 Å². The van der Waals surface area contributed by atoms with E-state index in [0.29, 0.717) is 14.5 Å². The van der Waals surface area contributed by atoms with Crippen LogP contribution in [0.2, 0.25) is 0 Å². The van der Waals surface area contributed by atoms with Gasteiger partial charge in [-0.25, -0.2) is 0 Å². The fourth-order valence-corrected chi connectivity index (χ4v) is 3.51. The third-order valence-electron chi connectivity index (χ3n) is 2.68. The fourth-order valence-electron chi connectivity index (χ4n) is 1.86. The Balaban J connectivity index is 2.10. The van der Waals surface area contributed by atoms with E-state index in [4.69, 9.17) is 9.94 Å². The minimum absolute atomic E-state index is 0.351. The molecule has 1 aromatic heterocycles. The molecule has 1 aliphatic heterocycles. The van der Waals surface area contributed by atoms with E-state index in [-0.39, 0.29) is 0 Å². The van der Waals surface area contributed by atoms with Gasteiger partial charge in [0, 0.05) is 0 Å². The summed E-state index contributed by atoms with van der Waals surface area (Å²) in [5.41, 5.74) is 2.57.